The molecule has 26 heavy (non-hydrogen) atoms. The molecule has 1 N–H and O–H groups in total. The Hall–Kier alpha value is -2.63. The number of methoxy groups -OCH3 is 1. The fraction of sp³-hybridized carbons (Fsp3) is 0.450. The fourth-order valence-electron chi connectivity index (χ4n) is 2.89. The number of aryl methyl sites for hydroxylation is 1. The largest absolute Gasteiger partial charge is 0.465 e. The van der Waals surface area contributed by atoms with E-state index >= 15 is 0 Å². The second-order valence-electron chi connectivity index (χ2n) is 6.84. The number of anilines is 1. The van der Waals surface area contributed by atoms with E-state index in [9.17, 15) is 9.59 Å². The van der Waals surface area contributed by atoms with Crippen molar-refractivity contribution in [1.29, 1.82) is 0 Å². The monoisotopic (exact) mass is 357 g/mol. The Bertz CT molecular complexity index is 776. The van der Waals surface area contributed by atoms with Crippen LogP contribution in [0.15, 0.2) is 24.3 Å². The molecule has 0 bridgehead atoms. The average Bonchev–Trinajstić information content (AvgIpc) is 2.86. The molecular weight excluding hydrogens is 330 g/mol. The van der Waals surface area contributed by atoms with Gasteiger partial charge in [0.2, 0.25) is 5.91 Å². The summed E-state index contributed by atoms with van der Waals surface area (Å²) in [7, 11) is 1.34. The zero-order valence-electron chi connectivity index (χ0n) is 16.1. The maximum atomic E-state index is 12.2. The number of carbonyl (C=O) groups excluding carboxylic acids is 2. The Morgan fingerprint density at radius 1 is 1.19 bits per heavy atom. The minimum absolute atomic E-state index is 0.0637. The lowest BCUT2D eigenvalue weighted by Gasteiger charge is -2.08. The van der Waals surface area contributed by atoms with Crippen LogP contribution in [-0.4, -0.2) is 28.8 Å². The number of benzene rings is 1. The SMILES string of the molecule is COC(=O)c1ccc(NC(=O)CCc2c(C)nn(CC(C)C)c2C)cc1. The van der Waals surface area contributed by atoms with Crippen LogP contribution < -0.4 is 5.32 Å². The number of nitrogens with zero attached hydrogens (tertiary/aromatic N) is 2. The third-order valence-corrected chi connectivity index (χ3v) is 4.26. The Balaban J connectivity index is 1.95. The normalized spacial score (nSPS) is 10.8. The van der Waals surface area contributed by atoms with Gasteiger partial charge in [-0.05, 0) is 56.0 Å². The Kier molecular flexibility index (Phi) is 6.55. The Morgan fingerprint density at radius 3 is 2.42 bits per heavy atom. The lowest BCUT2D eigenvalue weighted by molar-refractivity contribution is -0.116. The third kappa shape index (κ3) is 4.94. The van der Waals surface area contributed by atoms with E-state index in [1.54, 1.807) is 24.3 Å². The smallest absolute Gasteiger partial charge is 0.337 e. The van der Waals surface area contributed by atoms with Gasteiger partial charge in [-0.15, -0.1) is 0 Å². The third-order valence-electron chi connectivity index (χ3n) is 4.26. The van der Waals surface area contributed by atoms with Gasteiger partial charge in [0.25, 0.3) is 0 Å². The first-order valence-corrected chi connectivity index (χ1v) is 8.83. The van der Waals surface area contributed by atoms with Crippen LogP contribution in [0.1, 0.15) is 47.6 Å². The van der Waals surface area contributed by atoms with Gasteiger partial charge < -0.3 is 10.1 Å². The van der Waals surface area contributed by atoms with Crippen LogP contribution in [0.5, 0.6) is 0 Å². The first-order chi connectivity index (χ1) is 12.3. The van der Waals surface area contributed by atoms with Gasteiger partial charge in [0.1, 0.15) is 0 Å². The van der Waals surface area contributed by atoms with Crippen molar-refractivity contribution in [3.05, 3.63) is 46.8 Å². The van der Waals surface area contributed by atoms with Gasteiger partial charge in [-0.1, -0.05) is 13.8 Å². The summed E-state index contributed by atoms with van der Waals surface area (Å²) in [6.07, 6.45) is 1.04. The highest BCUT2D eigenvalue weighted by Crippen LogP contribution is 2.17. The second kappa shape index (κ2) is 8.65. The molecule has 0 saturated carbocycles. The molecule has 2 aromatic rings. The summed E-state index contributed by atoms with van der Waals surface area (Å²) < 4.78 is 6.69. The van der Waals surface area contributed by atoms with Gasteiger partial charge >= 0.3 is 5.97 Å². The van der Waals surface area contributed by atoms with Crippen LogP contribution in [0, 0.1) is 19.8 Å². The summed E-state index contributed by atoms with van der Waals surface area (Å²) in [6.45, 7) is 9.25. The molecule has 0 aliphatic heterocycles. The van der Waals surface area contributed by atoms with Crippen LogP contribution in [0.25, 0.3) is 0 Å². The van der Waals surface area contributed by atoms with E-state index in [0.29, 0.717) is 30.0 Å². The van der Waals surface area contributed by atoms with E-state index in [2.05, 4.69) is 35.9 Å². The predicted molar refractivity (Wildman–Crippen MR) is 101 cm³/mol. The number of amides is 1. The molecule has 1 aromatic carbocycles. The molecule has 0 unspecified atom stereocenters. The molecule has 0 spiro atoms. The molecule has 0 radical (unpaired) electrons. The molecule has 0 aliphatic carbocycles. The van der Waals surface area contributed by atoms with Gasteiger partial charge in [-0.25, -0.2) is 4.79 Å². The van der Waals surface area contributed by atoms with E-state index in [1.165, 1.54) is 7.11 Å². The van der Waals surface area contributed by atoms with Gasteiger partial charge in [-0.3, -0.25) is 9.48 Å². The van der Waals surface area contributed by atoms with Crippen LogP contribution in [0.2, 0.25) is 0 Å². The lowest BCUT2D eigenvalue weighted by Crippen LogP contribution is -2.13. The van der Waals surface area contributed by atoms with E-state index in [-0.39, 0.29) is 5.91 Å². The lowest BCUT2D eigenvalue weighted by atomic mass is 10.1. The maximum Gasteiger partial charge on any atom is 0.337 e. The van der Waals surface area contributed by atoms with Crippen molar-refractivity contribution in [3.8, 4) is 0 Å². The van der Waals surface area contributed by atoms with E-state index in [1.807, 2.05) is 11.6 Å². The summed E-state index contributed by atoms with van der Waals surface area (Å²) in [5, 5.41) is 7.44. The zero-order chi connectivity index (χ0) is 19.3. The number of ether oxygens (including phenoxy) is 1. The Labute approximate surface area is 154 Å². The highest BCUT2D eigenvalue weighted by molar-refractivity contribution is 5.93. The van der Waals surface area contributed by atoms with Crippen LogP contribution in [0.3, 0.4) is 0 Å². The van der Waals surface area contributed by atoms with Gasteiger partial charge in [0.05, 0.1) is 18.4 Å². The minimum Gasteiger partial charge on any atom is -0.465 e. The van der Waals surface area contributed by atoms with Crippen molar-refractivity contribution in [1.82, 2.24) is 9.78 Å². The summed E-state index contributed by atoms with van der Waals surface area (Å²) >= 11 is 0. The molecular formula is C20H27N3O3. The van der Waals surface area contributed by atoms with Crippen molar-refractivity contribution in [2.75, 3.05) is 12.4 Å². The zero-order valence-corrected chi connectivity index (χ0v) is 16.1. The molecule has 0 atom stereocenters. The van der Waals surface area contributed by atoms with Crippen molar-refractivity contribution in [3.63, 3.8) is 0 Å². The average molecular weight is 357 g/mol. The summed E-state index contributed by atoms with van der Waals surface area (Å²) in [5.74, 6) is 0.0653. The molecule has 1 amide bonds. The highest BCUT2D eigenvalue weighted by Gasteiger charge is 2.14. The summed E-state index contributed by atoms with van der Waals surface area (Å²) in [5.41, 5.74) is 4.37. The van der Waals surface area contributed by atoms with Gasteiger partial charge in [0, 0.05) is 24.3 Å². The topological polar surface area (TPSA) is 73.2 Å². The van der Waals surface area contributed by atoms with Gasteiger partial charge in [-0.2, -0.15) is 5.10 Å². The number of hydrogen-bond acceptors (Lipinski definition) is 4. The first kappa shape index (κ1) is 19.7. The predicted octanol–water partition coefficient (Wildman–Crippen LogP) is 3.51. The summed E-state index contributed by atoms with van der Waals surface area (Å²) in [4.78, 5) is 23.7. The molecule has 1 heterocycles. The quantitative estimate of drug-likeness (QED) is 0.770. The van der Waals surface area contributed by atoms with E-state index < -0.39 is 5.97 Å². The van der Waals surface area contributed by atoms with Crippen LogP contribution in [0.4, 0.5) is 5.69 Å². The number of carbonyl (C=O) groups is 2. The second-order valence-corrected chi connectivity index (χ2v) is 6.84. The van der Waals surface area contributed by atoms with Gasteiger partial charge in [0.15, 0.2) is 0 Å². The molecule has 140 valence electrons. The molecule has 1 aromatic heterocycles. The molecule has 2 rings (SSSR count). The van der Waals surface area contributed by atoms with Crippen molar-refractivity contribution in [2.45, 2.75) is 47.1 Å². The van der Waals surface area contributed by atoms with Crippen LogP contribution in [-0.2, 0) is 22.5 Å². The molecule has 6 nitrogen and oxygen atoms in total. The minimum atomic E-state index is -0.396. The number of nitrogens with one attached hydrogen (secondary N) is 1. The van der Waals surface area contributed by atoms with E-state index in [4.69, 9.17) is 0 Å². The molecule has 0 saturated heterocycles. The number of esters is 1. The molecule has 6 heteroatoms. The maximum absolute atomic E-state index is 12.2. The summed E-state index contributed by atoms with van der Waals surface area (Å²) in [6, 6.07) is 6.65. The van der Waals surface area contributed by atoms with Crippen molar-refractivity contribution < 1.29 is 14.3 Å². The number of hydrogen-bond donors (Lipinski definition) is 1. The Morgan fingerprint density at radius 2 is 1.85 bits per heavy atom. The van der Waals surface area contributed by atoms with E-state index in [0.717, 1.165) is 23.5 Å². The molecule has 0 fully saturated rings. The standard InChI is InChI=1S/C20H27N3O3/c1-13(2)12-23-15(4)18(14(3)22-23)10-11-19(24)21-17-8-6-16(7-9-17)20(25)26-5/h6-9,13H,10-12H2,1-5H3,(H,21,24). The van der Waals surface area contributed by atoms with Crippen molar-refractivity contribution in [2.24, 2.45) is 5.92 Å². The number of rotatable bonds is 7. The number of aromatic nitrogens is 2. The van der Waals surface area contributed by atoms with Crippen LogP contribution >= 0.6 is 0 Å². The first-order valence-electron chi connectivity index (χ1n) is 8.83. The molecule has 0 aliphatic rings. The fourth-order valence-corrected chi connectivity index (χ4v) is 2.89. The van der Waals surface area contributed by atoms with Crippen molar-refractivity contribution >= 4 is 17.6 Å². The highest BCUT2D eigenvalue weighted by atomic mass is 16.5.